The molecule has 0 aromatic carbocycles. The zero-order valence-corrected chi connectivity index (χ0v) is 10.9. The molecule has 2 aliphatic heterocycles. The summed E-state index contributed by atoms with van der Waals surface area (Å²) in [4.78, 5) is 18.5. The molecule has 1 N–H and O–H groups in total. The first-order valence-electron chi connectivity index (χ1n) is 6.40. The van der Waals surface area contributed by atoms with E-state index >= 15 is 0 Å². The van der Waals surface area contributed by atoms with Crippen LogP contribution in [0.15, 0.2) is 0 Å². The molecule has 0 unspecified atom stereocenters. The minimum atomic E-state index is 0.159. The highest BCUT2D eigenvalue weighted by Gasteiger charge is 2.30. The second-order valence-electron chi connectivity index (χ2n) is 5.20. The Balaban J connectivity index is 1.65. The Morgan fingerprint density at radius 2 is 1.89 bits per heavy atom. The molecule has 0 aliphatic carbocycles. The molecule has 3 heterocycles. The summed E-state index contributed by atoms with van der Waals surface area (Å²) >= 11 is 0. The molecule has 2 amide bonds. The summed E-state index contributed by atoms with van der Waals surface area (Å²) in [5, 5.41) is 7.18. The van der Waals surface area contributed by atoms with Crippen molar-refractivity contribution in [1.82, 2.24) is 24.9 Å². The molecule has 1 fully saturated rings. The lowest BCUT2D eigenvalue weighted by molar-refractivity contribution is 0.121. The van der Waals surface area contributed by atoms with Crippen molar-refractivity contribution < 1.29 is 4.79 Å². The summed E-state index contributed by atoms with van der Waals surface area (Å²) in [6, 6.07) is 0.159. The van der Waals surface area contributed by atoms with Crippen LogP contribution >= 0.6 is 0 Å². The molecule has 1 aromatic rings. The van der Waals surface area contributed by atoms with Gasteiger partial charge >= 0.3 is 6.03 Å². The van der Waals surface area contributed by atoms with E-state index in [-0.39, 0.29) is 6.03 Å². The van der Waals surface area contributed by atoms with Crippen LogP contribution in [0.25, 0.3) is 0 Å². The van der Waals surface area contributed by atoms with Gasteiger partial charge in [-0.2, -0.15) is 5.10 Å². The predicted molar refractivity (Wildman–Crippen MR) is 67.0 cm³/mol. The Labute approximate surface area is 107 Å². The SMILES string of the molecule is Cc1n[nH]c2c1CN(C(=O)N1CCN(C)CC1)C2. The Kier molecular flexibility index (Phi) is 2.74. The predicted octanol–water partition coefficient (Wildman–Crippen LogP) is 0.401. The largest absolute Gasteiger partial charge is 0.322 e. The maximum atomic E-state index is 12.4. The van der Waals surface area contributed by atoms with Crippen LogP contribution in [0.1, 0.15) is 17.0 Å². The van der Waals surface area contributed by atoms with Crippen molar-refractivity contribution in [2.45, 2.75) is 20.0 Å². The van der Waals surface area contributed by atoms with Crippen LogP contribution < -0.4 is 0 Å². The number of H-pyrrole nitrogens is 1. The standard InChI is InChI=1S/C12H19N5O/c1-9-10-7-17(8-11(10)14-13-9)12(18)16-5-3-15(2)4-6-16/h3-8H2,1-2H3,(H,13,14). The van der Waals surface area contributed by atoms with Gasteiger partial charge in [0.05, 0.1) is 24.5 Å². The summed E-state index contributed by atoms with van der Waals surface area (Å²) in [6.07, 6.45) is 0. The van der Waals surface area contributed by atoms with Crippen molar-refractivity contribution in [1.29, 1.82) is 0 Å². The number of likely N-dealkylation sites (N-methyl/N-ethyl adjacent to an activating group) is 1. The molecule has 6 nitrogen and oxygen atoms in total. The molecule has 0 bridgehead atoms. The number of hydrogen-bond donors (Lipinski definition) is 1. The van der Waals surface area contributed by atoms with E-state index in [1.54, 1.807) is 0 Å². The Hall–Kier alpha value is -1.56. The van der Waals surface area contributed by atoms with Crippen LogP contribution in [0.5, 0.6) is 0 Å². The number of rotatable bonds is 0. The third kappa shape index (κ3) is 1.86. The van der Waals surface area contributed by atoms with Crippen molar-refractivity contribution in [3.63, 3.8) is 0 Å². The topological polar surface area (TPSA) is 55.5 Å². The van der Waals surface area contributed by atoms with Gasteiger partial charge in [0.1, 0.15) is 0 Å². The Morgan fingerprint density at radius 3 is 2.56 bits per heavy atom. The number of nitrogens with one attached hydrogen (secondary N) is 1. The maximum absolute atomic E-state index is 12.4. The fourth-order valence-electron chi connectivity index (χ4n) is 2.62. The van der Waals surface area contributed by atoms with Gasteiger partial charge in [-0.05, 0) is 14.0 Å². The summed E-state index contributed by atoms with van der Waals surface area (Å²) in [7, 11) is 2.09. The van der Waals surface area contributed by atoms with Crippen molar-refractivity contribution in [2.75, 3.05) is 33.2 Å². The number of piperazine rings is 1. The molecule has 1 saturated heterocycles. The lowest BCUT2D eigenvalue weighted by Gasteiger charge is -2.34. The number of carbonyl (C=O) groups is 1. The molecular formula is C12H19N5O. The third-order valence-electron chi connectivity index (χ3n) is 3.90. The average Bonchev–Trinajstić information content (AvgIpc) is 2.92. The van der Waals surface area contributed by atoms with E-state index < -0.39 is 0 Å². The zero-order valence-electron chi connectivity index (χ0n) is 10.9. The third-order valence-corrected chi connectivity index (χ3v) is 3.90. The van der Waals surface area contributed by atoms with E-state index in [0.29, 0.717) is 13.1 Å². The zero-order chi connectivity index (χ0) is 12.7. The van der Waals surface area contributed by atoms with E-state index in [0.717, 1.165) is 37.6 Å². The van der Waals surface area contributed by atoms with Crippen molar-refractivity contribution >= 4 is 6.03 Å². The second-order valence-corrected chi connectivity index (χ2v) is 5.20. The van der Waals surface area contributed by atoms with E-state index in [4.69, 9.17) is 0 Å². The number of urea groups is 1. The number of hydrogen-bond acceptors (Lipinski definition) is 3. The minimum absolute atomic E-state index is 0.159. The van der Waals surface area contributed by atoms with Crippen LogP contribution in [0, 0.1) is 6.92 Å². The second kappa shape index (κ2) is 4.28. The smallest absolute Gasteiger partial charge is 0.320 e. The molecule has 98 valence electrons. The van der Waals surface area contributed by atoms with E-state index in [9.17, 15) is 4.79 Å². The highest BCUT2D eigenvalue weighted by Crippen LogP contribution is 2.24. The molecule has 0 saturated carbocycles. The van der Waals surface area contributed by atoms with Gasteiger partial charge < -0.3 is 14.7 Å². The Bertz CT molecular complexity index is 461. The molecule has 18 heavy (non-hydrogen) atoms. The summed E-state index contributed by atoms with van der Waals surface area (Å²) in [5.74, 6) is 0. The van der Waals surface area contributed by atoms with Gasteiger partial charge in [0.25, 0.3) is 0 Å². The lowest BCUT2D eigenvalue weighted by Crippen LogP contribution is -2.50. The van der Waals surface area contributed by atoms with Gasteiger partial charge in [-0.25, -0.2) is 4.79 Å². The number of fused-ring (bicyclic) bond motifs is 1. The monoisotopic (exact) mass is 249 g/mol. The highest BCUT2D eigenvalue weighted by molar-refractivity contribution is 5.75. The van der Waals surface area contributed by atoms with Crippen molar-refractivity contribution in [3.05, 3.63) is 17.0 Å². The van der Waals surface area contributed by atoms with Crippen LogP contribution in [-0.4, -0.2) is 64.2 Å². The van der Waals surface area contributed by atoms with Crippen LogP contribution in [0.3, 0.4) is 0 Å². The quantitative estimate of drug-likeness (QED) is 0.724. The molecule has 6 heteroatoms. The first kappa shape index (κ1) is 11.5. The van der Waals surface area contributed by atoms with Gasteiger partial charge in [0.15, 0.2) is 0 Å². The van der Waals surface area contributed by atoms with Crippen molar-refractivity contribution in [3.8, 4) is 0 Å². The molecule has 1 aromatic heterocycles. The van der Waals surface area contributed by atoms with Gasteiger partial charge in [-0.15, -0.1) is 0 Å². The minimum Gasteiger partial charge on any atom is -0.322 e. The maximum Gasteiger partial charge on any atom is 0.320 e. The normalized spacial score (nSPS) is 20.3. The first-order valence-corrected chi connectivity index (χ1v) is 6.40. The lowest BCUT2D eigenvalue weighted by atomic mass is 10.2. The van der Waals surface area contributed by atoms with Crippen LogP contribution in [-0.2, 0) is 13.1 Å². The fourth-order valence-corrected chi connectivity index (χ4v) is 2.62. The number of aryl methyl sites for hydroxylation is 1. The van der Waals surface area contributed by atoms with Gasteiger partial charge in [-0.3, -0.25) is 5.10 Å². The molecular weight excluding hydrogens is 230 g/mol. The number of carbonyl (C=O) groups excluding carboxylic acids is 1. The van der Waals surface area contributed by atoms with E-state index in [1.165, 1.54) is 5.56 Å². The molecule has 0 spiro atoms. The molecule has 0 radical (unpaired) electrons. The van der Waals surface area contributed by atoms with Crippen LogP contribution in [0.2, 0.25) is 0 Å². The first-order chi connectivity index (χ1) is 8.65. The summed E-state index contributed by atoms with van der Waals surface area (Å²) in [5.41, 5.74) is 3.30. The number of aromatic nitrogens is 2. The van der Waals surface area contributed by atoms with Crippen LogP contribution in [0.4, 0.5) is 4.79 Å². The van der Waals surface area contributed by atoms with E-state index in [1.807, 2.05) is 16.7 Å². The molecule has 0 atom stereocenters. The highest BCUT2D eigenvalue weighted by atomic mass is 16.2. The Morgan fingerprint density at radius 1 is 1.17 bits per heavy atom. The number of amides is 2. The fraction of sp³-hybridized carbons (Fsp3) is 0.667. The van der Waals surface area contributed by atoms with Gasteiger partial charge in [0, 0.05) is 31.7 Å². The summed E-state index contributed by atoms with van der Waals surface area (Å²) < 4.78 is 0. The van der Waals surface area contributed by atoms with E-state index in [2.05, 4.69) is 22.1 Å². The summed E-state index contributed by atoms with van der Waals surface area (Å²) in [6.45, 7) is 6.94. The van der Waals surface area contributed by atoms with Gasteiger partial charge in [-0.1, -0.05) is 0 Å². The number of aromatic amines is 1. The van der Waals surface area contributed by atoms with Crippen molar-refractivity contribution in [2.24, 2.45) is 0 Å². The van der Waals surface area contributed by atoms with Gasteiger partial charge in [0.2, 0.25) is 0 Å². The molecule has 2 aliphatic rings. The molecule has 3 rings (SSSR count). The number of nitrogens with zero attached hydrogens (tertiary/aromatic N) is 4. The average molecular weight is 249 g/mol.